The molecule has 2 N–H and O–H groups in total. The zero-order valence-corrected chi connectivity index (χ0v) is 20.0. The van der Waals surface area contributed by atoms with E-state index in [-0.39, 0.29) is 27.8 Å². The van der Waals surface area contributed by atoms with Crippen molar-refractivity contribution in [3.8, 4) is 0 Å². The van der Waals surface area contributed by atoms with E-state index in [9.17, 15) is 19.5 Å². The number of ketones is 1. The summed E-state index contributed by atoms with van der Waals surface area (Å²) < 4.78 is 0. The fourth-order valence-corrected chi connectivity index (χ4v) is 4.64. The summed E-state index contributed by atoms with van der Waals surface area (Å²) in [6.07, 6.45) is 3.31. The molecule has 0 radical (unpaired) electrons. The van der Waals surface area contributed by atoms with Crippen LogP contribution in [0.2, 0.25) is 10.0 Å². The maximum Gasteiger partial charge on any atom is 0.305 e. The van der Waals surface area contributed by atoms with Gasteiger partial charge in [0.05, 0.1) is 34.0 Å². The maximum absolute atomic E-state index is 12.6. The van der Waals surface area contributed by atoms with E-state index in [1.165, 1.54) is 12.4 Å². The van der Waals surface area contributed by atoms with Crippen LogP contribution in [-0.4, -0.2) is 33.5 Å². The molecule has 4 rings (SSSR count). The number of rotatable bonds is 7. The Morgan fingerprint density at radius 3 is 2.31 bits per heavy atom. The Kier molecular flexibility index (Phi) is 7.58. The van der Waals surface area contributed by atoms with Gasteiger partial charge in [0.15, 0.2) is 0 Å². The molecule has 0 saturated heterocycles. The molecule has 1 aliphatic carbocycles. The van der Waals surface area contributed by atoms with Crippen LogP contribution >= 0.6 is 23.2 Å². The molecule has 35 heavy (non-hydrogen) atoms. The van der Waals surface area contributed by atoms with Crippen molar-refractivity contribution in [3.63, 3.8) is 0 Å². The van der Waals surface area contributed by atoms with Crippen molar-refractivity contribution < 1.29 is 19.5 Å². The first-order valence-corrected chi connectivity index (χ1v) is 11.7. The number of hydrogen-bond acceptors (Lipinski definition) is 5. The number of nitrogens with zero attached hydrogens (tertiary/aromatic N) is 2. The maximum atomic E-state index is 12.6. The van der Waals surface area contributed by atoms with Gasteiger partial charge in [-0.05, 0) is 29.7 Å². The van der Waals surface area contributed by atoms with Gasteiger partial charge in [0.25, 0.3) is 5.91 Å². The lowest BCUT2D eigenvalue weighted by atomic mass is 9.94. The molecule has 1 amide bonds. The second kappa shape index (κ2) is 10.8. The van der Waals surface area contributed by atoms with Crippen LogP contribution in [0.25, 0.3) is 0 Å². The Hall–Kier alpha value is -3.55. The van der Waals surface area contributed by atoms with E-state index in [1.807, 2.05) is 30.3 Å². The number of anilines is 1. The lowest BCUT2D eigenvalue weighted by Crippen LogP contribution is -2.15. The zero-order valence-electron chi connectivity index (χ0n) is 18.4. The summed E-state index contributed by atoms with van der Waals surface area (Å²) in [5.41, 5.74) is 2.79. The molecular formula is C26H21Cl2N3O4. The number of amides is 1. The van der Waals surface area contributed by atoms with E-state index in [1.54, 1.807) is 24.3 Å². The van der Waals surface area contributed by atoms with Crippen molar-refractivity contribution in [1.82, 2.24) is 4.98 Å². The quantitative estimate of drug-likeness (QED) is 0.421. The SMILES string of the molecule is O=C(O)CC(N=C1CCC(=O)C1c1ccccc1)c1ccc(NC(=O)c2c(Cl)cncc2Cl)cc1. The average molecular weight is 510 g/mol. The number of carboxylic acids is 1. The minimum absolute atomic E-state index is 0.0792. The number of carbonyl (C=O) groups excluding carboxylic acids is 2. The second-order valence-corrected chi connectivity index (χ2v) is 8.91. The van der Waals surface area contributed by atoms with Crippen LogP contribution in [0, 0.1) is 0 Å². The monoisotopic (exact) mass is 509 g/mol. The van der Waals surface area contributed by atoms with Crippen LogP contribution in [0.1, 0.15) is 52.7 Å². The number of pyridine rings is 1. The molecule has 1 saturated carbocycles. The Morgan fingerprint density at radius 1 is 1.03 bits per heavy atom. The normalized spacial score (nSPS) is 17.4. The first kappa shape index (κ1) is 24.6. The fourth-order valence-electron chi connectivity index (χ4n) is 4.10. The van der Waals surface area contributed by atoms with Gasteiger partial charge >= 0.3 is 5.97 Å². The molecule has 1 aliphatic rings. The Balaban J connectivity index is 1.58. The second-order valence-electron chi connectivity index (χ2n) is 8.10. The number of aliphatic imine (C=N–C) groups is 1. The Morgan fingerprint density at radius 2 is 1.69 bits per heavy atom. The predicted octanol–water partition coefficient (Wildman–Crippen LogP) is 5.74. The van der Waals surface area contributed by atoms with Crippen molar-refractivity contribution in [2.45, 2.75) is 31.2 Å². The van der Waals surface area contributed by atoms with Crippen LogP contribution in [0.4, 0.5) is 5.69 Å². The fraction of sp³-hybridized carbons (Fsp3) is 0.192. The number of aromatic nitrogens is 1. The number of aliphatic carboxylic acids is 1. The van der Waals surface area contributed by atoms with Crippen molar-refractivity contribution >= 4 is 52.3 Å². The highest BCUT2D eigenvalue weighted by Gasteiger charge is 2.33. The Labute approximate surface area is 211 Å². The van der Waals surface area contributed by atoms with Crippen LogP contribution in [0.5, 0.6) is 0 Å². The summed E-state index contributed by atoms with van der Waals surface area (Å²) in [4.78, 5) is 45.3. The summed E-state index contributed by atoms with van der Waals surface area (Å²) >= 11 is 12.1. The highest BCUT2D eigenvalue weighted by Crippen LogP contribution is 2.33. The molecule has 0 spiro atoms. The van der Waals surface area contributed by atoms with Crippen molar-refractivity contribution in [2.75, 3.05) is 5.32 Å². The van der Waals surface area contributed by atoms with Gasteiger partial charge in [-0.1, -0.05) is 65.7 Å². The van der Waals surface area contributed by atoms with Gasteiger partial charge in [0.1, 0.15) is 5.78 Å². The number of Topliss-reactive ketones (excluding diaryl/α,β-unsaturated/α-hetero) is 1. The van der Waals surface area contributed by atoms with Gasteiger partial charge in [0, 0.05) is 30.2 Å². The standard InChI is InChI=1S/C26H21Cl2N3O4/c27-18-13-29-14-19(28)25(18)26(35)30-17-8-6-15(7-9-17)21(12-23(33)34)31-20-10-11-22(32)24(20)16-4-2-1-3-5-16/h1-9,13-14,21,24H,10-12H2,(H,30,35)(H,33,34). The third-order valence-electron chi connectivity index (χ3n) is 5.74. The number of benzene rings is 2. The van der Waals surface area contributed by atoms with Gasteiger partial charge in [-0.15, -0.1) is 0 Å². The van der Waals surface area contributed by atoms with E-state index in [4.69, 9.17) is 28.2 Å². The summed E-state index contributed by atoms with van der Waals surface area (Å²) in [5, 5.41) is 12.5. The molecule has 2 atom stereocenters. The predicted molar refractivity (Wildman–Crippen MR) is 135 cm³/mol. The van der Waals surface area contributed by atoms with E-state index >= 15 is 0 Å². The minimum Gasteiger partial charge on any atom is -0.481 e. The topological polar surface area (TPSA) is 109 Å². The molecule has 1 heterocycles. The van der Waals surface area contributed by atoms with E-state index in [0.29, 0.717) is 29.8 Å². The molecule has 1 aromatic heterocycles. The number of carboxylic acid groups (broad SMARTS) is 1. The van der Waals surface area contributed by atoms with E-state index in [0.717, 1.165) is 5.56 Å². The van der Waals surface area contributed by atoms with Crippen LogP contribution in [0.15, 0.2) is 72.0 Å². The summed E-state index contributed by atoms with van der Waals surface area (Å²) in [5.74, 6) is -1.87. The number of hydrogen-bond donors (Lipinski definition) is 2. The summed E-state index contributed by atoms with van der Waals surface area (Å²) in [6, 6.07) is 15.4. The molecule has 7 nitrogen and oxygen atoms in total. The van der Waals surface area contributed by atoms with Gasteiger partial charge in [-0.3, -0.25) is 24.4 Å². The van der Waals surface area contributed by atoms with Gasteiger partial charge in [-0.25, -0.2) is 0 Å². The van der Waals surface area contributed by atoms with Crippen LogP contribution in [-0.2, 0) is 9.59 Å². The minimum atomic E-state index is -1.00. The summed E-state index contributed by atoms with van der Waals surface area (Å²) in [7, 11) is 0. The van der Waals surface area contributed by atoms with Crippen molar-refractivity contribution in [3.05, 3.63) is 93.7 Å². The molecular weight excluding hydrogens is 489 g/mol. The highest BCUT2D eigenvalue weighted by molar-refractivity contribution is 6.40. The summed E-state index contributed by atoms with van der Waals surface area (Å²) in [6.45, 7) is 0. The molecule has 3 aromatic rings. The average Bonchev–Trinajstić information content (AvgIpc) is 3.19. The molecule has 2 aromatic carbocycles. The number of carbonyl (C=O) groups is 3. The third kappa shape index (κ3) is 5.75. The van der Waals surface area contributed by atoms with Crippen molar-refractivity contribution in [2.24, 2.45) is 4.99 Å². The van der Waals surface area contributed by atoms with Crippen LogP contribution in [0.3, 0.4) is 0 Å². The van der Waals surface area contributed by atoms with E-state index < -0.39 is 23.8 Å². The smallest absolute Gasteiger partial charge is 0.305 e. The largest absolute Gasteiger partial charge is 0.481 e. The molecule has 0 bridgehead atoms. The highest BCUT2D eigenvalue weighted by atomic mass is 35.5. The molecule has 0 aliphatic heterocycles. The molecule has 1 fully saturated rings. The molecule has 178 valence electrons. The molecule has 2 unspecified atom stereocenters. The number of halogens is 2. The Bertz CT molecular complexity index is 1270. The third-order valence-corrected chi connectivity index (χ3v) is 6.31. The van der Waals surface area contributed by atoms with Crippen LogP contribution < -0.4 is 5.32 Å². The van der Waals surface area contributed by atoms with E-state index in [2.05, 4.69) is 10.3 Å². The molecule has 9 heteroatoms. The number of nitrogens with one attached hydrogen (secondary N) is 1. The van der Waals surface area contributed by atoms with Crippen molar-refractivity contribution in [1.29, 1.82) is 0 Å². The lowest BCUT2D eigenvalue weighted by molar-refractivity contribution is -0.137. The zero-order chi connectivity index (χ0) is 24.9. The lowest BCUT2D eigenvalue weighted by Gasteiger charge is -2.16. The van der Waals surface area contributed by atoms with Gasteiger partial charge in [0.2, 0.25) is 0 Å². The first-order chi connectivity index (χ1) is 16.8. The van der Waals surface area contributed by atoms with Gasteiger partial charge in [-0.2, -0.15) is 0 Å². The van der Waals surface area contributed by atoms with Gasteiger partial charge < -0.3 is 10.4 Å². The first-order valence-electron chi connectivity index (χ1n) is 10.9.